The molecular formula is C13H14F3N3O3S. The lowest BCUT2D eigenvalue weighted by molar-refractivity contribution is -0.140. The first-order valence-electron chi connectivity index (χ1n) is 6.90. The van der Waals surface area contributed by atoms with Crippen LogP contribution in [-0.2, 0) is 22.6 Å². The molecule has 2 aromatic rings. The number of nitrogens with zero attached hydrogens (tertiary/aromatic N) is 3. The quantitative estimate of drug-likeness (QED) is 0.886. The number of halogens is 3. The second-order valence-corrected chi connectivity index (χ2v) is 8.08. The van der Waals surface area contributed by atoms with E-state index in [1.54, 1.807) is 0 Å². The molecule has 0 radical (unpaired) electrons. The van der Waals surface area contributed by atoms with Gasteiger partial charge in [-0.05, 0) is 18.9 Å². The Labute approximate surface area is 129 Å². The molecule has 2 aromatic heterocycles. The Hall–Kier alpha value is -1.68. The number of rotatable bonds is 2. The normalized spacial score (nSPS) is 20.7. The zero-order valence-electron chi connectivity index (χ0n) is 11.9. The lowest BCUT2D eigenvalue weighted by Crippen LogP contribution is -2.42. The van der Waals surface area contributed by atoms with E-state index >= 15 is 0 Å². The molecule has 0 bridgehead atoms. The van der Waals surface area contributed by atoms with E-state index in [1.165, 1.54) is 12.3 Å². The number of fused-ring (bicyclic) bond motifs is 1. The van der Waals surface area contributed by atoms with Crippen molar-refractivity contribution >= 4 is 20.7 Å². The van der Waals surface area contributed by atoms with Gasteiger partial charge in [0.1, 0.15) is 0 Å². The zero-order valence-corrected chi connectivity index (χ0v) is 12.7. The third kappa shape index (κ3) is 3.18. The first-order valence-corrected chi connectivity index (χ1v) is 8.72. The molecule has 3 heterocycles. The van der Waals surface area contributed by atoms with Gasteiger partial charge in [-0.25, -0.2) is 8.42 Å². The number of hydrogen-bond acceptors (Lipinski definition) is 5. The molecule has 0 aliphatic carbocycles. The van der Waals surface area contributed by atoms with Crippen LogP contribution in [0.5, 0.6) is 0 Å². The van der Waals surface area contributed by atoms with Crippen LogP contribution in [0.2, 0.25) is 0 Å². The summed E-state index contributed by atoms with van der Waals surface area (Å²) in [5.74, 6) is -0.368. The van der Waals surface area contributed by atoms with Crippen LogP contribution in [0.4, 0.5) is 13.2 Å². The molecule has 0 atom stereocenters. The maximum atomic E-state index is 13.1. The van der Waals surface area contributed by atoms with E-state index in [0.29, 0.717) is 0 Å². The van der Waals surface area contributed by atoms with Crippen LogP contribution in [0, 0.1) is 0 Å². The van der Waals surface area contributed by atoms with Crippen molar-refractivity contribution in [1.29, 1.82) is 0 Å². The molecule has 6 nitrogen and oxygen atoms in total. The predicted octanol–water partition coefficient (Wildman–Crippen LogP) is 1.39. The molecule has 1 fully saturated rings. The summed E-state index contributed by atoms with van der Waals surface area (Å²) in [7, 11) is -3.19. The van der Waals surface area contributed by atoms with E-state index in [2.05, 4.69) is 10.1 Å². The molecule has 0 amide bonds. The van der Waals surface area contributed by atoms with Gasteiger partial charge in [0.2, 0.25) is 0 Å². The van der Waals surface area contributed by atoms with Crippen LogP contribution in [0.25, 0.3) is 10.9 Å². The van der Waals surface area contributed by atoms with Crippen molar-refractivity contribution in [3.63, 3.8) is 0 Å². The van der Waals surface area contributed by atoms with Gasteiger partial charge < -0.3 is 5.11 Å². The number of pyridine rings is 1. The second kappa shape index (κ2) is 5.17. The topological polar surface area (TPSA) is 85.1 Å². The highest BCUT2D eigenvalue weighted by Crippen LogP contribution is 2.35. The van der Waals surface area contributed by atoms with Gasteiger partial charge in [-0.1, -0.05) is 0 Å². The summed E-state index contributed by atoms with van der Waals surface area (Å²) >= 11 is 0. The molecule has 0 spiro atoms. The molecule has 1 N–H and O–H groups in total. The number of sulfone groups is 1. The van der Waals surface area contributed by atoms with Gasteiger partial charge in [-0.15, -0.1) is 0 Å². The van der Waals surface area contributed by atoms with Gasteiger partial charge in [0.25, 0.3) is 0 Å². The van der Waals surface area contributed by atoms with E-state index in [1.807, 2.05) is 0 Å². The summed E-state index contributed by atoms with van der Waals surface area (Å²) in [6.45, 7) is -0.195. The third-order valence-electron chi connectivity index (χ3n) is 4.02. The highest BCUT2D eigenvalue weighted by Gasteiger charge is 2.40. The predicted molar refractivity (Wildman–Crippen MR) is 75.4 cm³/mol. The van der Waals surface area contributed by atoms with Crippen molar-refractivity contribution < 1.29 is 26.7 Å². The Kier molecular flexibility index (Phi) is 3.64. The van der Waals surface area contributed by atoms with Crippen molar-refractivity contribution in [2.24, 2.45) is 0 Å². The van der Waals surface area contributed by atoms with Crippen molar-refractivity contribution in [3.05, 3.63) is 24.2 Å². The van der Waals surface area contributed by atoms with Crippen LogP contribution in [0.3, 0.4) is 0 Å². The fraction of sp³-hybridized carbons (Fsp3) is 0.538. The SMILES string of the molecule is O=S1(=O)CCC(O)(Cn2nc(C(F)(F)F)c3cnccc32)CC1. The van der Waals surface area contributed by atoms with Crippen molar-refractivity contribution in [3.8, 4) is 0 Å². The number of hydrogen-bond donors (Lipinski definition) is 1. The largest absolute Gasteiger partial charge is 0.435 e. The first kappa shape index (κ1) is 16.2. The molecule has 126 valence electrons. The lowest BCUT2D eigenvalue weighted by Gasteiger charge is -2.31. The molecule has 1 aliphatic heterocycles. The maximum Gasteiger partial charge on any atom is 0.435 e. The maximum absolute atomic E-state index is 13.1. The van der Waals surface area contributed by atoms with Crippen molar-refractivity contribution in [1.82, 2.24) is 14.8 Å². The second-order valence-electron chi connectivity index (χ2n) is 5.77. The fourth-order valence-corrected chi connectivity index (χ4v) is 4.29. The van der Waals surface area contributed by atoms with E-state index < -0.39 is 27.3 Å². The Morgan fingerprint density at radius 1 is 1.30 bits per heavy atom. The van der Waals surface area contributed by atoms with Crippen molar-refractivity contribution in [2.75, 3.05) is 11.5 Å². The minimum atomic E-state index is -4.63. The molecule has 1 saturated heterocycles. The monoisotopic (exact) mass is 349 g/mol. The molecule has 3 rings (SSSR count). The summed E-state index contributed by atoms with van der Waals surface area (Å²) < 4.78 is 63.2. The molecule has 1 aliphatic rings. The summed E-state index contributed by atoms with van der Waals surface area (Å²) in [6, 6.07) is 1.39. The molecule has 0 unspecified atom stereocenters. The van der Waals surface area contributed by atoms with Crippen molar-refractivity contribution in [2.45, 2.75) is 31.2 Å². The summed E-state index contributed by atoms with van der Waals surface area (Å²) in [5, 5.41) is 13.9. The van der Waals surface area contributed by atoms with Gasteiger partial charge in [-0.3, -0.25) is 9.67 Å². The molecule has 23 heavy (non-hydrogen) atoms. The van der Waals surface area contributed by atoms with Crippen LogP contribution < -0.4 is 0 Å². The van der Waals surface area contributed by atoms with E-state index in [4.69, 9.17) is 0 Å². The van der Waals surface area contributed by atoms with E-state index in [0.717, 1.165) is 10.9 Å². The minimum Gasteiger partial charge on any atom is -0.388 e. The average molecular weight is 349 g/mol. The average Bonchev–Trinajstić information content (AvgIpc) is 2.82. The minimum absolute atomic E-state index is 0.0247. The number of aromatic nitrogens is 3. The number of alkyl halides is 3. The van der Waals surface area contributed by atoms with E-state index in [-0.39, 0.29) is 41.8 Å². The standard InChI is InChI=1S/C13H14F3N3O3S/c14-13(15,16)11-9-7-17-4-1-10(9)19(18-11)8-12(20)2-5-23(21,22)6-3-12/h1,4,7,20H,2-3,5-6,8H2. The van der Waals surface area contributed by atoms with Gasteiger partial charge in [0.15, 0.2) is 15.5 Å². The summed E-state index contributed by atoms with van der Waals surface area (Å²) in [6.07, 6.45) is -2.26. The molecule has 0 aromatic carbocycles. The molecule has 10 heteroatoms. The van der Waals surface area contributed by atoms with Crippen LogP contribution in [0.15, 0.2) is 18.5 Å². The Morgan fingerprint density at radius 2 is 1.96 bits per heavy atom. The number of aliphatic hydroxyl groups is 1. The van der Waals surface area contributed by atoms with Crippen LogP contribution in [0.1, 0.15) is 18.5 Å². The highest BCUT2D eigenvalue weighted by atomic mass is 32.2. The van der Waals surface area contributed by atoms with Gasteiger partial charge in [0.05, 0.1) is 34.6 Å². The van der Waals surface area contributed by atoms with Crippen LogP contribution in [-0.4, -0.2) is 45.4 Å². The van der Waals surface area contributed by atoms with Gasteiger partial charge >= 0.3 is 6.18 Å². The molecular weight excluding hydrogens is 335 g/mol. The lowest BCUT2D eigenvalue weighted by atomic mass is 9.97. The Bertz CT molecular complexity index is 831. The smallest absolute Gasteiger partial charge is 0.388 e. The Balaban J connectivity index is 1.98. The molecule has 0 saturated carbocycles. The van der Waals surface area contributed by atoms with E-state index in [9.17, 15) is 26.7 Å². The van der Waals surface area contributed by atoms with Gasteiger partial charge in [-0.2, -0.15) is 18.3 Å². The highest BCUT2D eigenvalue weighted by molar-refractivity contribution is 7.91. The summed E-state index contributed by atoms with van der Waals surface area (Å²) in [4.78, 5) is 3.69. The summed E-state index contributed by atoms with van der Waals surface area (Å²) in [5.41, 5.74) is -2.25. The third-order valence-corrected chi connectivity index (χ3v) is 5.67. The zero-order chi connectivity index (χ0) is 16.9. The van der Waals surface area contributed by atoms with Gasteiger partial charge in [0, 0.05) is 12.4 Å². The first-order chi connectivity index (χ1) is 10.6. The fourth-order valence-electron chi connectivity index (χ4n) is 2.71. The Morgan fingerprint density at radius 3 is 2.57 bits per heavy atom. The van der Waals surface area contributed by atoms with Crippen LogP contribution >= 0.6 is 0 Å².